The molecular formula is C24H30O9. The molecule has 0 bridgehead atoms. The third kappa shape index (κ3) is 4.46. The summed E-state index contributed by atoms with van der Waals surface area (Å²) in [6.45, 7) is 14.9. The Kier molecular flexibility index (Phi) is 6.57. The molecule has 2 aliphatic carbocycles. The number of carbonyl (C=O) groups is 4. The summed E-state index contributed by atoms with van der Waals surface area (Å²) < 4.78 is 21.7. The van der Waals surface area contributed by atoms with Crippen molar-refractivity contribution in [1.82, 2.24) is 0 Å². The monoisotopic (exact) mass is 462 g/mol. The Hall–Kier alpha value is -2.94. The van der Waals surface area contributed by atoms with Crippen LogP contribution in [-0.4, -0.2) is 59.0 Å². The van der Waals surface area contributed by atoms with E-state index in [0.717, 1.165) is 5.57 Å². The lowest BCUT2D eigenvalue weighted by Crippen LogP contribution is -2.50. The fraction of sp³-hybridized carbons (Fsp3) is 0.583. The first-order chi connectivity index (χ1) is 15.2. The number of ether oxygens (including phenoxy) is 4. The minimum atomic E-state index is -2.13. The van der Waals surface area contributed by atoms with Crippen molar-refractivity contribution < 1.29 is 43.2 Å². The van der Waals surface area contributed by atoms with Crippen LogP contribution < -0.4 is 0 Å². The van der Waals surface area contributed by atoms with Crippen molar-refractivity contribution in [3.8, 4) is 0 Å². The third-order valence-electron chi connectivity index (χ3n) is 6.82. The average molecular weight is 462 g/mol. The zero-order valence-electron chi connectivity index (χ0n) is 19.5. The maximum absolute atomic E-state index is 12.9. The summed E-state index contributed by atoms with van der Waals surface area (Å²) in [6, 6.07) is 0. The molecule has 1 saturated carbocycles. The molecule has 0 amide bonds. The molecule has 2 fully saturated rings. The summed E-state index contributed by atoms with van der Waals surface area (Å²) in [6.07, 6.45) is -1.20. The molecule has 0 aromatic heterocycles. The third-order valence-corrected chi connectivity index (χ3v) is 6.82. The second kappa shape index (κ2) is 8.78. The lowest BCUT2D eigenvalue weighted by molar-refractivity contribution is -0.186. The van der Waals surface area contributed by atoms with Gasteiger partial charge in [-0.1, -0.05) is 18.7 Å². The van der Waals surface area contributed by atoms with Gasteiger partial charge in [-0.2, -0.15) is 0 Å². The Morgan fingerprint density at radius 2 is 1.82 bits per heavy atom. The van der Waals surface area contributed by atoms with Gasteiger partial charge < -0.3 is 24.1 Å². The van der Waals surface area contributed by atoms with Gasteiger partial charge in [0.1, 0.15) is 24.4 Å². The normalized spacial score (nSPS) is 33.5. The molecule has 0 radical (unpaired) electrons. The summed E-state index contributed by atoms with van der Waals surface area (Å²) in [4.78, 5) is 48.2. The molecule has 1 saturated heterocycles. The van der Waals surface area contributed by atoms with Crippen LogP contribution >= 0.6 is 0 Å². The molecule has 180 valence electrons. The van der Waals surface area contributed by atoms with Gasteiger partial charge in [0.05, 0.1) is 5.92 Å². The standard InChI is InChI=1S/C24H30O9/c1-10-8-18(32-23(28)24(7,29)13(4)30-14(5)25)20-12(3)22(27)33-21(20)19-11(2)17(9-16(10)19)31-15(6)26/h8,13,16-21,29H,2-3,9H2,1,4-7H3/t13-,16-,17-,18-,19-,20+,21+,24-/m0/s1. The number of rotatable bonds is 5. The van der Waals surface area contributed by atoms with E-state index in [-0.39, 0.29) is 17.4 Å². The number of allylic oxidation sites excluding steroid dienone is 1. The first-order valence-corrected chi connectivity index (χ1v) is 10.8. The maximum atomic E-state index is 12.9. The van der Waals surface area contributed by atoms with Gasteiger partial charge in [0.2, 0.25) is 0 Å². The zero-order chi connectivity index (χ0) is 24.8. The van der Waals surface area contributed by atoms with Gasteiger partial charge in [0.25, 0.3) is 0 Å². The summed E-state index contributed by atoms with van der Waals surface area (Å²) in [5, 5.41) is 10.7. The van der Waals surface area contributed by atoms with Crippen molar-refractivity contribution in [3.05, 3.63) is 36.0 Å². The molecule has 1 N–H and O–H groups in total. The predicted molar refractivity (Wildman–Crippen MR) is 114 cm³/mol. The number of fused-ring (bicyclic) bond motifs is 3. The SMILES string of the molecule is C=C1C(=O)O[C@@H]2[C@H]3C(=C)[C@@H](OC(C)=O)C[C@H]3C(C)=C[C@H](OC(=O)[C@@](C)(O)[C@H](C)OC(C)=O)[C@@H]12. The van der Waals surface area contributed by atoms with Crippen LogP contribution in [0.2, 0.25) is 0 Å². The largest absolute Gasteiger partial charge is 0.459 e. The smallest absolute Gasteiger partial charge is 0.342 e. The molecule has 3 aliphatic rings. The van der Waals surface area contributed by atoms with Crippen molar-refractivity contribution >= 4 is 23.9 Å². The number of esters is 4. The van der Waals surface area contributed by atoms with Crippen molar-refractivity contribution in [3.63, 3.8) is 0 Å². The summed E-state index contributed by atoms with van der Waals surface area (Å²) >= 11 is 0. The van der Waals surface area contributed by atoms with E-state index < -0.39 is 59.8 Å². The van der Waals surface area contributed by atoms with Crippen molar-refractivity contribution in [2.75, 3.05) is 0 Å². The minimum absolute atomic E-state index is 0.138. The maximum Gasteiger partial charge on any atom is 0.342 e. The van der Waals surface area contributed by atoms with Gasteiger partial charge >= 0.3 is 23.9 Å². The molecule has 0 spiro atoms. The number of hydrogen-bond acceptors (Lipinski definition) is 9. The molecule has 8 atom stereocenters. The highest BCUT2D eigenvalue weighted by molar-refractivity contribution is 5.91. The molecule has 9 nitrogen and oxygen atoms in total. The van der Waals surface area contributed by atoms with Crippen LogP contribution in [0.15, 0.2) is 36.0 Å². The van der Waals surface area contributed by atoms with E-state index in [2.05, 4.69) is 13.2 Å². The van der Waals surface area contributed by atoms with Gasteiger partial charge in [-0.15, -0.1) is 0 Å². The fourth-order valence-electron chi connectivity index (χ4n) is 4.89. The predicted octanol–water partition coefficient (Wildman–Crippen LogP) is 1.78. The van der Waals surface area contributed by atoms with E-state index in [9.17, 15) is 24.3 Å². The van der Waals surface area contributed by atoms with Gasteiger partial charge in [-0.05, 0) is 44.8 Å². The summed E-state index contributed by atoms with van der Waals surface area (Å²) in [5.41, 5.74) is -0.513. The van der Waals surface area contributed by atoms with E-state index >= 15 is 0 Å². The van der Waals surface area contributed by atoms with Crippen molar-refractivity contribution in [2.24, 2.45) is 17.8 Å². The van der Waals surface area contributed by atoms with Crippen LogP contribution in [0.5, 0.6) is 0 Å². The Labute approximate surface area is 192 Å². The molecule has 0 aromatic rings. The number of hydrogen-bond donors (Lipinski definition) is 1. The summed E-state index contributed by atoms with van der Waals surface area (Å²) in [5.74, 6) is -3.95. The Balaban J connectivity index is 1.94. The van der Waals surface area contributed by atoms with Crippen LogP contribution in [-0.2, 0) is 38.1 Å². The lowest BCUT2D eigenvalue weighted by Gasteiger charge is -2.32. The second-order valence-electron chi connectivity index (χ2n) is 9.14. The summed E-state index contributed by atoms with van der Waals surface area (Å²) in [7, 11) is 0. The highest BCUT2D eigenvalue weighted by Gasteiger charge is 2.57. The molecule has 9 heteroatoms. The van der Waals surface area contributed by atoms with Crippen LogP contribution in [0.4, 0.5) is 0 Å². The molecular weight excluding hydrogens is 432 g/mol. The number of carbonyl (C=O) groups excluding carboxylic acids is 4. The zero-order valence-corrected chi connectivity index (χ0v) is 19.5. The van der Waals surface area contributed by atoms with E-state index in [1.807, 2.05) is 6.92 Å². The van der Waals surface area contributed by atoms with Crippen LogP contribution in [0, 0.1) is 17.8 Å². The van der Waals surface area contributed by atoms with Gasteiger partial charge in [0.15, 0.2) is 5.60 Å². The van der Waals surface area contributed by atoms with Gasteiger partial charge in [-0.3, -0.25) is 9.59 Å². The Morgan fingerprint density at radius 3 is 2.39 bits per heavy atom. The van der Waals surface area contributed by atoms with E-state index in [0.29, 0.717) is 12.0 Å². The molecule has 0 unspecified atom stereocenters. The Bertz CT molecular complexity index is 944. The lowest BCUT2D eigenvalue weighted by atomic mass is 9.80. The quantitative estimate of drug-likeness (QED) is 0.282. The second-order valence-corrected chi connectivity index (χ2v) is 9.14. The highest BCUT2D eigenvalue weighted by atomic mass is 16.6. The Morgan fingerprint density at radius 1 is 1.18 bits per heavy atom. The van der Waals surface area contributed by atoms with Crippen LogP contribution in [0.3, 0.4) is 0 Å². The molecule has 3 rings (SSSR count). The number of aliphatic hydroxyl groups is 1. The average Bonchev–Trinajstić information content (AvgIpc) is 3.12. The van der Waals surface area contributed by atoms with Gasteiger partial charge in [-0.25, -0.2) is 9.59 Å². The first-order valence-electron chi connectivity index (χ1n) is 10.8. The first kappa shape index (κ1) is 24.7. The minimum Gasteiger partial charge on any atom is -0.459 e. The van der Waals surface area contributed by atoms with Crippen LogP contribution in [0.25, 0.3) is 0 Å². The highest BCUT2D eigenvalue weighted by Crippen LogP contribution is 2.52. The topological polar surface area (TPSA) is 125 Å². The van der Waals surface area contributed by atoms with E-state index in [1.54, 1.807) is 6.08 Å². The van der Waals surface area contributed by atoms with Crippen LogP contribution in [0.1, 0.15) is 41.0 Å². The molecule has 1 heterocycles. The fourth-order valence-corrected chi connectivity index (χ4v) is 4.89. The molecule has 33 heavy (non-hydrogen) atoms. The van der Waals surface area contributed by atoms with Crippen molar-refractivity contribution in [2.45, 2.75) is 71.1 Å². The van der Waals surface area contributed by atoms with E-state index in [4.69, 9.17) is 18.9 Å². The van der Waals surface area contributed by atoms with Crippen molar-refractivity contribution in [1.29, 1.82) is 0 Å². The van der Waals surface area contributed by atoms with Gasteiger partial charge in [0, 0.05) is 25.3 Å². The molecule has 0 aromatic carbocycles. The van der Waals surface area contributed by atoms with E-state index in [1.165, 1.54) is 27.7 Å². The molecule has 1 aliphatic heterocycles.